The lowest BCUT2D eigenvalue weighted by Gasteiger charge is -2.63. The van der Waals surface area contributed by atoms with Crippen LogP contribution in [0.15, 0.2) is 24.3 Å². The van der Waals surface area contributed by atoms with E-state index in [0.717, 1.165) is 55.8 Å². The topological polar surface area (TPSA) is 52.9 Å². The van der Waals surface area contributed by atoms with Crippen LogP contribution in [-0.4, -0.2) is 45.9 Å². The number of aromatic hydroxyl groups is 1. The maximum Gasteiger partial charge on any atom is 0.166 e. The molecule has 0 unspecified atom stereocenters. The van der Waals surface area contributed by atoms with Crippen molar-refractivity contribution in [3.05, 3.63) is 35.4 Å². The summed E-state index contributed by atoms with van der Waals surface area (Å²) in [6.45, 7) is 6.40. The predicted octanol–water partition coefficient (Wildman–Crippen LogP) is 3.09. The van der Waals surface area contributed by atoms with Gasteiger partial charge >= 0.3 is 0 Å². The number of hydrogen-bond acceptors (Lipinski definition) is 4. The first kappa shape index (κ1) is 17.1. The van der Waals surface area contributed by atoms with Crippen LogP contribution >= 0.6 is 17.0 Å². The number of likely N-dealkylation sites (tertiary alicyclic amines) is 1. The SMILES string of the molecule is Br.C=C1CC[C@@]2(O)[C@H]3Cc4ccc(O)c5c4[C@@]2(CCN3CC2CC2)[C@H]1O5. The highest BCUT2D eigenvalue weighted by Gasteiger charge is 2.71. The van der Waals surface area contributed by atoms with Crippen LogP contribution < -0.4 is 4.74 Å². The van der Waals surface area contributed by atoms with Gasteiger partial charge in [-0.1, -0.05) is 12.6 Å². The number of phenolic OH excluding ortho intramolecular Hbond substituents is 1. The maximum atomic E-state index is 12.1. The minimum absolute atomic E-state index is 0. The second-order valence-corrected chi connectivity index (χ2v) is 8.91. The molecule has 140 valence electrons. The molecule has 0 amide bonds. The fraction of sp³-hybridized carbons (Fsp3) is 0.619. The fourth-order valence-corrected chi connectivity index (χ4v) is 6.39. The summed E-state index contributed by atoms with van der Waals surface area (Å²) in [5.74, 6) is 1.64. The van der Waals surface area contributed by atoms with E-state index in [4.69, 9.17) is 4.74 Å². The summed E-state index contributed by atoms with van der Waals surface area (Å²) >= 11 is 0. The Kier molecular flexibility index (Phi) is 3.46. The molecule has 1 aromatic carbocycles. The van der Waals surface area contributed by atoms with Gasteiger partial charge in [0.25, 0.3) is 0 Å². The molecule has 0 aromatic heterocycles. The fourth-order valence-electron chi connectivity index (χ4n) is 6.39. The van der Waals surface area contributed by atoms with Crippen LogP contribution in [0.4, 0.5) is 0 Å². The number of aliphatic hydroxyl groups is 1. The third-order valence-corrected chi connectivity index (χ3v) is 7.71. The molecule has 26 heavy (non-hydrogen) atoms. The zero-order chi connectivity index (χ0) is 17.0. The molecule has 1 saturated heterocycles. The Hall–Kier alpha value is -1.04. The molecule has 6 rings (SSSR count). The van der Waals surface area contributed by atoms with Crippen molar-refractivity contribution >= 4 is 17.0 Å². The van der Waals surface area contributed by atoms with Crippen LogP contribution in [0.2, 0.25) is 0 Å². The van der Waals surface area contributed by atoms with E-state index in [1.54, 1.807) is 6.07 Å². The summed E-state index contributed by atoms with van der Waals surface area (Å²) in [6.07, 6.45) is 5.79. The number of ether oxygens (including phenoxy) is 1. The van der Waals surface area contributed by atoms with Gasteiger partial charge in [0.2, 0.25) is 0 Å². The van der Waals surface area contributed by atoms with Crippen LogP contribution in [0.1, 0.15) is 43.2 Å². The highest BCUT2D eigenvalue weighted by Crippen LogP contribution is 2.66. The van der Waals surface area contributed by atoms with Gasteiger partial charge in [0.05, 0.1) is 11.0 Å². The molecule has 3 aliphatic carbocycles. The highest BCUT2D eigenvalue weighted by molar-refractivity contribution is 8.93. The first-order chi connectivity index (χ1) is 12.0. The summed E-state index contributed by atoms with van der Waals surface area (Å²) in [5.41, 5.74) is 2.21. The number of rotatable bonds is 2. The van der Waals surface area contributed by atoms with Crippen LogP contribution in [0.3, 0.4) is 0 Å². The Labute approximate surface area is 164 Å². The molecule has 1 spiro atoms. The zero-order valence-electron chi connectivity index (χ0n) is 14.9. The average molecular weight is 420 g/mol. The van der Waals surface area contributed by atoms with E-state index in [1.165, 1.54) is 18.4 Å². The van der Waals surface area contributed by atoms with Crippen LogP contribution in [0.25, 0.3) is 0 Å². The molecule has 2 aliphatic heterocycles. The van der Waals surface area contributed by atoms with Gasteiger partial charge in [0, 0.05) is 18.2 Å². The highest BCUT2D eigenvalue weighted by atomic mass is 79.9. The van der Waals surface area contributed by atoms with Crippen molar-refractivity contribution in [1.82, 2.24) is 4.90 Å². The van der Waals surface area contributed by atoms with Crippen molar-refractivity contribution in [2.75, 3.05) is 13.1 Å². The van der Waals surface area contributed by atoms with Gasteiger partial charge in [-0.05, 0) is 68.2 Å². The second kappa shape index (κ2) is 5.27. The minimum Gasteiger partial charge on any atom is -0.504 e. The molecule has 2 N–H and O–H groups in total. The molecule has 5 aliphatic rings. The van der Waals surface area contributed by atoms with E-state index in [2.05, 4.69) is 11.5 Å². The summed E-state index contributed by atoms with van der Waals surface area (Å²) < 4.78 is 6.29. The van der Waals surface area contributed by atoms with Crippen molar-refractivity contribution in [2.45, 2.75) is 61.7 Å². The van der Waals surface area contributed by atoms with Crippen molar-refractivity contribution in [2.24, 2.45) is 5.92 Å². The minimum atomic E-state index is -0.780. The Morgan fingerprint density at radius 1 is 1.27 bits per heavy atom. The standard InChI is InChI=1S/C21H25NO3.BrH/c1-12-6-7-21(24)16-10-14-4-5-15(23)18-17(14)20(21,19(12)25-18)8-9-22(16)11-13-2-3-13;/h4-5,13,16,19,23-24H,1-3,6-11H2;1H/t16-,19+,20+,21-;/m1./s1. The quantitative estimate of drug-likeness (QED) is 0.723. The van der Waals surface area contributed by atoms with Crippen molar-refractivity contribution in [1.29, 1.82) is 0 Å². The maximum absolute atomic E-state index is 12.1. The number of halogens is 1. The molecule has 5 heteroatoms. The van der Waals surface area contributed by atoms with Gasteiger partial charge in [-0.15, -0.1) is 17.0 Å². The van der Waals surface area contributed by atoms with Gasteiger partial charge in [-0.25, -0.2) is 0 Å². The Morgan fingerprint density at radius 2 is 2.08 bits per heavy atom. The van der Waals surface area contributed by atoms with Gasteiger partial charge < -0.3 is 14.9 Å². The lowest BCUT2D eigenvalue weighted by Crippen LogP contribution is -2.75. The lowest BCUT2D eigenvalue weighted by atomic mass is 9.48. The number of piperidine rings is 1. The van der Waals surface area contributed by atoms with Gasteiger partial charge in [-0.2, -0.15) is 0 Å². The van der Waals surface area contributed by atoms with Crippen LogP contribution in [0.5, 0.6) is 11.5 Å². The first-order valence-electron chi connectivity index (χ1n) is 9.71. The smallest absolute Gasteiger partial charge is 0.166 e. The van der Waals surface area contributed by atoms with Crippen LogP contribution in [0, 0.1) is 5.92 Å². The van der Waals surface area contributed by atoms with Crippen molar-refractivity contribution in [3.63, 3.8) is 0 Å². The molecule has 0 radical (unpaired) electrons. The third kappa shape index (κ3) is 1.82. The molecule has 2 saturated carbocycles. The van der Waals surface area contributed by atoms with Gasteiger partial charge in [-0.3, -0.25) is 4.90 Å². The molecule has 4 nitrogen and oxygen atoms in total. The molecule has 2 heterocycles. The van der Waals surface area contributed by atoms with Gasteiger partial charge in [0.1, 0.15) is 6.10 Å². The summed E-state index contributed by atoms with van der Waals surface area (Å²) in [4.78, 5) is 2.56. The molecular weight excluding hydrogens is 394 g/mol. The van der Waals surface area contributed by atoms with E-state index < -0.39 is 11.0 Å². The summed E-state index contributed by atoms with van der Waals surface area (Å²) in [5, 5.41) is 22.5. The Bertz CT molecular complexity index is 807. The molecule has 3 fully saturated rings. The monoisotopic (exact) mass is 419 g/mol. The Balaban J connectivity index is 0.00000150. The number of benzene rings is 1. The average Bonchev–Trinajstić information content (AvgIpc) is 3.32. The lowest BCUT2D eigenvalue weighted by molar-refractivity contribution is -0.174. The number of nitrogens with zero attached hydrogens (tertiary/aromatic N) is 1. The third-order valence-electron chi connectivity index (χ3n) is 7.71. The number of phenols is 1. The molecule has 1 aromatic rings. The largest absolute Gasteiger partial charge is 0.504 e. The van der Waals surface area contributed by atoms with Crippen molar-refractivity contribution in [3.8, 4) is 11.5 Å². The van der Waals surface area contributed by atoms with E-state index in [-0.39, 0.29) is 34.9 Å². The Morgan fingerprint density at radius 3 is 2.85 bits per heavy atom. The molecular formula is C21H26BrNO3. The van der Waals surface area contributed by atoms with E-state index in [1.807, 2.05) is 6.07 Å². The molecule has 4 atom stereocenters. The predicted molar refractivity (Wildman–Crippen MR) is 104 cm³/mol. The van der Waals surface area contributed by atoms with Crippen molar-refractivity contribution < 1.29 is 14.9 Å². The second-order valence-electron chi connectivity index (χ2n) is 8.91. The first-order valence-corrected chi connectivity index (χ1v) is 9.71. The molecule has 2 bridgehead atoms. The van der Waals surface area contributed by atoms with Gasteiger partial charge in [0.15, 0.2) is 11.5 Å². The zero-order valence-corrected chi connectivity index (χ0v) is 16.6. The normalized spacial score (nSPS) is 39.8. The summed E-state index contributed by atoms with van der Waals surface area (Å²) in [7, 11) is 0. The van der Waals surface area contributed by atoms with E-state index >= 15 is 0 Å². The summed E-state index contributed by atoms with van der Waals surface area (Å²) in [6, 6.07) is 3.96. The van der Waals surface area contributed by atoms with E-state index in [9.17, 15) is 10.2 Å². The van der Waals surface area contributed by atoms with E-state index in [0.29, 0.717) is 5.75 Å². The van der Waals surface area contributed by atoms with Crippen LogP contribution in [-0.2, 0) is 11.8 Å². The number of hydrogen-bond donors (Lipinski definition) is 2.